The van der Waals surface area contributed by atoms with Gasteiger partial charge in [-0.25, -0.2) is 10.8 Å². The third-order valence-corrected chi connectivity index (χ3v) is 3.76. The molecule has 20 heavy (non-hydrogen) atoms. The summed E-state index contributed by atoms with van der Waals surface area (Å²) in [5.74, 6) is 5.67. The van der Waals surface area contributed by atoms with Crippen molar-refractivity contribution in [2.75, 3.05) is 5.43 Å². The van der Waals surface area contributed by atoms with E-state index in [4.69, 9.17) is 15.2 Å². The Labute approximate surface area is 116 Å². The summed E-state index contributed by atoms with van der Waals surface area (Å²) in [6, 6.07) is 1.35. The highest BCUT2D eigenvalue weighted by Crippen LogP contribution is 2.37. The molecule has 9 heteroatoms. The lowest BCUT2D eigenvalue weighted by atomic mass is 9.79. The molecule has 0 bridgehead atoms. The summed E-state index contributed by atoms with van der Waals surface area (Å²) in [6.07, 6.45) is 1.13. The van der Waals surface area contributed by atoms with Crippen molar-refractivity contribution in [3.63, 3.8) is 0 Å². The lowest BCUT2D eigenvalue weighted by molar-refractivity contribution is -0.385. The van der Waals surface area contributed by atoms with Crippen LogP contribution in [-0.2, 0) is 9.31 Å². The van der Waals surface area contributed by atoms with E-state index < -0.39 is 23.2 Å². The van der Waals surface area contributed by atoms with E-state index in [0.29, 0.717) is 5.46 Å². The number of nitro groups is 1. The topological polar surface area (TPSA) is 113 Å². The van der Waals surface area contributed by atoms with Crippen molar-refractivity contribution in [2.45, 2.75) is 38.9 Å². The van der Waals surface area contributed by atoms with E-state index in [1.165, 1.54) is 6.07 Å². The fourth-order valence-corrected chi connectivity index (χ4v) is 1.84. The maximum atomic E-state index is 10.9. The van der Waals surface area contributed by atoms with Gasteiger partial charge in [-0.15, -0.1) is 0 Å². The molecule has 0 amide bonds. The Hall–Kier alpha value is -1.71. The number of hydrogen-bond acceptors (Lipinski definition) is 7. The molecule has 8 nitrogen and oxygen atoms in total. The van der Waals surface area contributed by atoms with Gasteiger partial charge in [0, 0.05) is 11.5 Å². The van der Waals surface area contributed by atoms with Gasteiger partial charge in [0.25, 0.3) is 5.69 Å². The smallest absolute Gasteiger partial charge is 0.399 e. The number of nitrogens with one attached hydrogen (secondary N) is 1. The van der Waals surface area contributed by atoms with Crippen molar-refractivity contribution in [2.24, 2.45) is 5.84 Å². The molecule has 0 radical (unpaired) electrons. The highest BCUT2D eigenvalue weighted by atomic mass is 16.7. The maximum Gasteiger partial charge on any atom is 0.498 e. The van der Waals surface area contributed by atoms with Crippen LogP contribution >= 0.6 is 0 Å². The number of nitrogens with zero attached hydrogens (tertiary/aromatic N) is 2. The molecule has 2 heterocycles. The van der Waals surface area contributed by atoms with Gasteiger partial charge in [0.15, 0.2) is 0 Å². The zero-order valence-corrected chi connectivity index (χ0v) is 11.8. The van der Waals surface area contributed by atoms with E-state index in [1.807, 2.05) is 27.7 Å². The summed E-state index contributed by atoms with van der Waals surface area (Å²) < 4.78 is 11.7. The predicted octanol–water partition coefficient (Wildman–Crippen LogP) is 0.575. The lowest BCUT2D eigenvalue weighted by Crippen LogP contribution is -2.41. The zero-order valence-electron chi connectivity index (χ0n) is 11.8. The minimum Gasteiger partial charge on any atom is -0.399 e. The van der Waals surface area contributed by atoms with Crippen LogP contribution in [0.25, 0.3) is 0 Å². The fourth-order valence-electron chi connectivity index (χ4n) is 1.84. The number of aromatic nitrogens is 1. The van der Waals surface area contributed by atoms with Crippen LogP contribution in [0.3, 0.4) is 0 Å². The molecule has 1 aliphatic rings. The lowest BCUT2D eigenvalue weighted by Gasteiger charge is -2.32. The maximum absolute atomic E-state index is 10.9. The Morgan fingerprint density at radius 3 is 2.35 bits per heavy atom. The summed E-state index contributed by atoms with van der Waals surface area (Å²) in [6.45, 7) is 7.58. The molecule has 0 saturated carbocycles. The van der Waals surface area contributed by atoms with Crippen LogP contribution in [0.1, 0.15) is 27.7 Å². The second-order valence-corrected chi connectivity index (χ2v) is 5.62. The molecule has 1 aliphatic heterocycles. The van der Waals surface area contributed by atoms with E-state index in [9.17, 15) is 10.1 Å². The normalized spacial score (nSPS) is 19.9. The molecule has 0 unspecified atom stereocenters. The van der Waals surface area contributed by atoms with Gasteiger partial charge < -0.3 is 14.7 Å². The molecule has 1 aromatic rings. The molecular weight excluding hydrogens is 263 g/mol. The van der Waals surface area contributed by atoms with Gasteiger partial charge in [-0.1, -0.05) is 0 Å². The number of nitrogens with two attached hydrogens (primary N) is 1. The minimum atomic E-state index is -0.765. The van der Waals surface area contributed by atoms with Crippen LogP contribution in [0.15, 0.2) is 12.3 Å². The molecule has 1 fully saturated rings. The van der Waals surface area contributed by atoms with E-state index in [0.717, 1.165) is 6.20 Å². The molecule has 0 aliphatic carbocycles. The summed E-state index contributed by atoms with van der Waals surface area (Å²) in [5.41, 5.74) is 1.56. The van der Waals surface area contributed by atoms with Gasteiger partial charge in [-0.05, 0) is 27.7 Å². The van der Waals surface area contributed by atoms with Gasteiger partial charge in [-0.3, -0.25) is 10.1 Å². The molecular formula is C11H17BN4O4. The summed E-state index contributed by atoms with van der Waals surface area (Å²) >= 11 is 0. The van der Waals surface area contributed by atoms with Crippen molar-refractivity contribution in [3.8, 4) is 0 Å². The van der Waals surface area contributed by atoms with Gasteiger partial charge in [0.2, 0.25) is 0 Å². The van der Waals surface area contributed by atoms with Crippen LogP contribution in [0.5, 0.6) is 0 Å². The number of rotatable bonds is 3. The molecule has 108 valence electrons. The molecule has 0 atom stereocenters. The first-order chi connectivity index (χ1) is 9.18. The largest absolute Gasteiger partial charge is 0.498 e. The van der Waals surface area contributed by atoms with E-state index in [2.05, 4.69) is 10.4 Å². The Kier molecular flexibility index (Phi) is 3.45. The third kappa shape index (κ3) is 2.35. The standard InChI is InChI=1S/C11H17BN4O4/c1-10(2)11(3,4)20-12(19-10)8-5-7(16(17)18)6-14-9(8)15-13/h5-6H,13H2,1-4H3,(H,14,15). The van der Waals surface area contributed by atoms with Crippen LogP contribution < -0.4 is 16.7 Å². The SMILES string of the molecule is CC1(C)OB(c2cc([N+](=O)[O-])cnc2NN)OC1(C)C. The van der Waals surface area contributed by atoms with Crippen molar-refractivity contribution < 1.29 is 14.2 Å². The van der Waals surface area contributed by atoms with Crippen molar-refractivity contribution in [1.82, 2.24) is 4.98 Å². The van der Waals surface area contributed by atoms with Crippen LogP contribution in [0, 0.1) is 10.1 Å². The Morgan fingerprint density at radius 2 is 1.90 bits per heavy atom. The molecule has 0 spiro atoms. The average molecular weight is 280 g/mol. The molecule has 2 rings (SSSR count). The van der Waals surface area contributed by atoms with Crippen LogP contribution in [-0.4, -0.2) is 28.2 Å². The quantitative estimate of drug-likeness (QED) is 0.360. The minimum absolute atomic E-state index is 0.145. The highest BCUT2D eigenvalue weighted by molar-refractivity contribution is 6.63. The Morgan fingerprint density at radius 1 is 1.35 bits per heavy atom. The van der Waals surface area contributed by atoms with E-state index in [-0.39, 0.29) is 11.5 Å². The fraction of sp³-hybridized carbons (Fsp3) is 0.545. The predicted molar refractivity (Wildman–Crippen MR) is 74.4 cm³/mol. The summed E-state index contributed by atoms with van der Waals surface area (Å²) in [5, 5.41) is 10.9. The monoisotopic (exact) mass is 280 g/mol. The first-order valence-electron chi connectivity index (χ1n) is 6.14. The van der Waals surface area contributed by atoms with Crippen LogP contribution in [0.4, 0.5) is 11.5 Å². The number of hydrazine groups is 1. The number of nitrogen functional groups attached to an aromatic ring is 1. The average Bonchev–Trinajstić information content (AvgIpc) is 2.57. The zero-order chi connectivity index (χ0) is 15.1. The first kappa shape index (κ1) is 14.7. The second kappa shape index (κ2) is 4.69. The highest BCUT2D eigenvalue weighted by Gasteiger charge is 2.52. The van der Waals surface area contributed by atoms with E-state index >= 15 is 0 Å². The molecule has 3 N–H and O–H groups in total. The van der Waals surface area contributed by atoms with Gasteiger partial charge in [0.05, 0.1) is 16.1 Å². The van der Waals surface area contributed by atoms with Crippen molar-refractivity contribution in [3.05, 3.63) is 22.4 Å². The number of hydrogen-bond donors (Lipinski definition) is 2. The number of pyridine rings is 1. The summed E-state index contributed by atoms with van der Waals surface area (Å²) in [7, 11) is -0.765. The number of anilines is 1. The van der Waals surface area contributed by atoms with Crippen LogP contribution in [0.2, 0.25) is 0 Å². The van der Waals surface area contributed by atoms with E-state index in [1.54, 1.807) is 0 Å². The molecule has 1 saturated heterocycles. The van der Waals surface area contributed by atoms with Crippen molar-refractivity contribution >= 4 is 24.1 Å². The molecule has 1 aromatic heterocycles. The van der Waals surface area contributed by atoms with Gasteiger partial charge in [-0.2, -0.15) is 0 Å². The summed E-state index contributed by atoms with van der Waals surface area (Å²) in [4.78, 5) is 14.2. The van der Waals surface area contributed by atoms with Gasteiger partial charge >= 0.3 is 7.12 Å². The Bertz CT molecular complexity index is 533. The van der Waals surface area contributed by atoms with Gasteiger partial charge in [0.1, 0.15) is 12.0 Å². The van der Waals surface area contributed by atoms with Crippen molar-refractivity contribution in [1.29, 1.82) is 0 Å². The second-order valence-electron chi connectivity index (χ2n) is 5.62. The third-order valence-electron chi connectivity index (χ3n) is 3.76. The molecule has 0 aromatic carbocycles. The Balaban J connectivity index is 2.43. The first-order valence-corrected chi connectivity index (χ1v) is 6.14.